The molecule has 0 amide bonds. The van der Waals surface area contributed by atoms with Gasteiger partial charge in [0.1, 0.15) is 11.6 Å². The number of nitrogens with two attached hydrogens (primary N) is 1. The summed E-state index contributed by atoms with van der Waals surface area (Å²) in [5, 5.41) is 3.07. The van der Waals surface area contributed by atoms with Crippen LogP contribution >= 0.6 is 0 Å². The van der Waals surface area contributed by atoms with Gasteiger partial charge in [0.15, 0.2) is 5.96 Å². The number of anilines is 1. The van der Waals surface area contributed by atoms with Gasteiger partial charge in [-0.2, -0.15) is 0 Å². The van der Waals surface area contributed by atoms with Crippen molar-refractivity contribution in [3.8, 4) is 5.75 Å². The third kappa shape index (κ3) is 4.86. The molecule has 0 unspecified atom stereocenters. The van der Waals surface area contributed by atoms with E-state index in [0.717, 1.165) is 30.2 Å². The molecular weight excluding hydrogens is 326 g/mol. The Balaban J connectivity index is 1.56. The van der Waals surface area contributed by atoms with E-state index in [2.05, 4.69) is 32.0 Å². The highest BCUT2D eigenvalue weighted by molar-refractivity contribution is 5.92. The molecule has 0 radical (unpaired) electrons. The number of hydrogen-bond donors (Lipinski definition) is 2. The van der Waals surface area contributed by atoms with Crippen LogP contribution in [0.4, 0.5) is 5.69 Å². The zero-order valence-corrected chi connectivity index (χ0v) is 14.8. The number of benzene rings is 2. The molecule has 0 saturated carbocycles. The first kappa shape index (κ1) is 17.5. The molecule has 6 nitrogen and oxygen atoms in total. The number of hydrogen-bond acceptors (Lipinski definition) is 3. The number of rotatable bonds is 7. The molecule has 134 valence electrons. The number of aliphatic imine (C=N–C) groups is 1. The highest BCUT2D eigenvalue weighted by Crippen LogP contribution is 2.16. The van der Waals surface area contributed by atoms with Crippen LogP contribution in [-0.2, 0) is 13.0 Å². The van der Waals surface area contributed by atoms with Crippen molar-refractivity contribution in [2.45, 2.75) is 13.0 Å². The van der Waals surface area contributed by atoms with Crippen LogP contribution in [0.5, 0.6) is 5.75 Å². The van der Waals surface area contributed by atoms with Crippen molar-refractivity contribution in [2.24, 2.45) is 10.7 Å². The van der Waals surface area contributed by atoms with Gasteiger partial charge in [-0.15, -0.1) is 0 Å². The second-order valence-corrected chi connectivity index (χ2v) is 5.83. The number of imidazole rings is 1. The number of guanidine groups is 1. The fourth-order valence-corrected chi connectivity index (χ4v) is 2.66. The molecule has 0 fully saturated rings. The summed E-state index contributed by atoms with van der Waals surface area (Å²) in [6, 6.07) is 17.9. The maximum atomic E-state index is 5.97. The maximum Gasteiger partial charge on any atom is 0.193 e. The van der Waals surface area contributed by atoms with Crippen LogP contribution in [0, 0.1) is 0 Å². The summed E-state index contributed by atoms with van der Waals surface area (Å²) in [7, 11) is 1.63. The average Bonchev–Trinajstić information content (AvgIpc) is 3.09. The van der Waals surface area contributed by atoms with Gasteiger partial charge in [-0.1, -0.05) is 36.4 Å². The molecule has 0 atom stereocenters. The second kappa shape index (κ2) is 8.71. The first-order valence-electron chi connectivity index (χ1n) is 8.49. The van der Waals surface area contributed by atoms with Crippen molar-refractivity contribution in [3.63, 3.8) is 0 Å². The molecule has 2 aromatic carbocycles. The summed E-state index contributed by atoms with van der Waals surface area (Å²) in [6.45, 7) is 1.37. The molecule has 1 heterocycles. The Bertz CT molecular complexity index is 857. The molecule has 6 heteroatoms. The summed E-state index contributed by atoms with van der Waals surface area (Å²) in [6.07, 6.45) is 4.53. The van der Waals surface area contributed by atoms with Crippen molar-refractivity contribution in [3.05, 3.63) is 78.4 Å². The molecule has 0 aliphatic heterocycles. The van der Waals surface area contributed by atoms with E-state index in [1.54, 1.807) is 7.11 Å². The predicted molar refractivity (Wildman–Crippen MR) is 105 cm³/mol. The van der Waals surface area contributed by atoms with Crippen LogP contribution in [-0.4, -0.2) is 29.2 Å². The minimum atomic E-state index is 0.374. The Morgan fingerprint density at radius 1 is 1.19 bits per heavy atom. The molecule has 0 aliphatic carbocycles. The SMILES string of the molecule is COc1cccc(NC(N)=NCCc2nccn2Cc2ccccc2)c1. The summed E-state index contributed by atoms with van der Waals surface area (Å²) >= 11 is 0. The summed E-state index contributed by atoms with van der Waals surface area (Å²) in [5.41, 5.74) is 8.06. The fraction of sp³-hybridized carbons (Fsp3) is 0.200. The van der Waals surface area contributed by atoms with Gasteiger partial charge in [-0.05, 0) is 17.7 Å². The Kier molecular flexibility index (Phi) is 5.88. The topological polar surface area (TPSA) is 77.5 Å². The van der Waals surface area contributed by atoms with Gasteiger partial charge in [0, 0.05) is 43.7 Å². The minimum absolute atomic E-state index is 0.374. The van der Waals surface area contributed by atoms with Gasteiger partial charge in [0.2, 0.25) is 0 Å². The van der Waals surface area contributed by atoms with Gasteiger partial charge in [-0.25, -0.2) is 4.98 Å². The molecule has 3 aromatic rings. The molecular formula is C20H23N5O. The third-order valence-electron chi connectivity index (χ3n) is 3.96. The van der Waals surface area contributed by atoms with E-state index in [1.165, 1.54) is 5.56 Å². The predicted octanol–water partition coefficient (Wildman–Crippen LogP) is 2.91. The highest BCUT2D eigenvalue weighted by atomic mass is 16.5. The first-order valence-corrected chi connectivity index (χ1v) is 8.49. The Morgan fingerprint density at radius 3 is 2.85 bits per heavy atom. The normalized spacial score (nSPS) is 11.3. The average molecular weight is 349 g/mol. The summed E-state index contributed by atoms with van der Waals surface area (Å²) in [5.74, 6) is 2.14. The largest absolute Gasteiger partial charge is 0.497 e. The van der Waals surface area contributed by atoms with Crippen molar-refractivity contribution in [2.75, 3.05) is 19.0 Å². The van der Waals surface area contributed by atoms with E-state index < -0.39 is 0 Å². The standard InChI is InChI=1S/C20H23N5O/c1-26-18-9-5-8-17(14-18)24-20(21)23-11-10-19-22-12-13-25(19)15-16-6-3-2-4-7-16/h2-9,12-14H,10-11,15H2,1H3,(H3,21,23,24). The minimum Gasteiger partial charge on any atom is -0.497 e. The molecule has 0 spiro atoms. The van der Waals surface area contributed by atoms with Crippen LogP contribution in [0.3, 0.4) is 0 Å². The van der Waals surface area contributed by atoms with E-state index in [1.807, 2.05) is 54.9 Å². The van der Waals surface area contributed by atoms with Crippen molar-refractivity contribution in [1.82, 2.24) is 9.55 Å². The maximum absolute atomic E-state index is 5.97. The number of nitrogens with one attached hydrogen (secondary N) is 1. The number of aromatic nitrogens is 2. The lowest BCUT2D eigenvalue weighted by Gasteiger charge is -2.08. The smallest absolute Gasteiger partial charge is 0.193 e. The zero-order chi connectivity index (χ0) is 18.2. The molecule has 26 heavy (non-hydrogen) atoms. The third-order valence-corrected chi connectivity index (χ3v) is 3.96. The first-order chi connectivity index (χ1) is 12.7. The Morgan fingerprint density at radius 2 is 2.04 bits per heavy atom. The molecule has 3 rings (SSSR count). The quantitative estimate of drug-likeness (QED) is 0.508. The van der Waals surface area contributed by atoms with E-state index >= 15 is 0 Å². The van der Waals surface area contributed by atoms with Crippen molar-refractivity contribution >= 4 is 11.6 Å². The van der Waals surface area contributed by atoms with Crippen LogP contribution in [0.15, 0.2) is 72.0 Å². The van der Waals surface area contributed by atoms with Gasteiger partial charge in [-0.3, -0.25) is 4.99 Å². The molecule has 3 N–H and O–H groups in total. The van der Waals surface area contributed by atoms with Crippen LogP contribution in [0.1, 0.15) is 11.4 Å². The Hall–Kier alpha value is -3.28. The lowest BCUT2D eigenvalue weighted by atomic mass is 10.2. The van der Waals surface area contributed by atoms with Gasteiger partial charge in [0.25, 0.3) is 0 Å². The number of methoxy groups -OCH3 is 1. The zero-order valence-electron chi connectivity index (χ0n) is 14.8. The lowest BCUT2D eigenvalue weighted by Crippen LogP contribution is -2.23. The molecule has 0 saturated heterocycles. The van der Waals surface area contributed by atoms with E-state index in [-0.39, 0.29) is 0 Å². The van der Waals surface area contributed by atoms with Crippen LogP contribution < -0.4 is 15.8 Å². The number of ether oxygens (including phenoxy) is 1. The monoisotopic (exact) mass is 349 g/mol. The van der Waals surface area contributed by atoms with Gasteiger partial charge < -0.3 is 20.4 Å². The van der Waals surface area contributed by atoms with Gasteiger partial charge >= 0.3 is 0 Å². The lowest BCUT2D eigenvalue weighted by molar-refractivity contribution is 0.415. The van der Waals surface area contributed by atoms with Crippen LogP contribution in [0.2, 0.25) is 0 Å². The molecule has 1 aromatic heterocycles. The summed E-state index contributed by atoms with van der Waals surface area (Å²) < 4.78 is 7.33. The van der Waals surface area contributed by atoms with E-state index in [0.29, 0.717) is 12.5 Å². The summed E-state index contributed by atoms with van der Waals surface area (Å²) in [4.78, 5) is 8.82. The second-order valence-electron chi connectivity index (χ2n) is 5.83. The van der Waals surface area contributed by atoms with Crippen molar-refractivity contribution in [1.29, 1.82) is 0 Å². The highest BCUT2D eigenvalue weighted by Gasteiger charge is 2.04. The molecule has 0 aliphatic rings. The van der Waals surface area contributed by atoms with E-state index in [4.69, 9.17) is 10.5 Å². The fourth-order valence-electron chi connectivity index (χ4n) is 2.66. The number of nitrogens with zero attached hydrogens (tertiary/aromatic N) is 3. The van der Waals surface area contributed by atoms with Crippen LogP contribution in [0.25, 0.3) is 0 Å². The Labute approximate surface area is 153 Å². The molecule has 0 bridgehead atoms. The van der Waals surface area contributed by atoms with E-state index in [9.17, 15) is 0 Å². The van der Waals surface area contributed by atoms with Gasteiger partial charge in [0.05, 0.1) is 7.11 Å². The van der Waals surface area contributed by atoms with Crippen molar-refractivity contribution < 1.29 is 4.74 Å².